The summed E-state index contributed by atoms with van der Waals surface area (Å²) in [5.74, 6) is 1.33. The van der Waals surface area contributed by atoms with Crippen molar-refractivity contribution in [3.63, 3.8) is 0 Å². The molecule has 0 amide bonds. The average molecular weight is 522 g/mol. The summed E-state index contributed by atoms with van der Waals surface area (Å²) < 4.78 is 7.51. The number of aryl methyl sites for hydroxylation is 1. The molecule has 1 aromatic carbocycles. The molecule has 0 saturated heterocycles. The van der Waals surface area contributed by atoms with Gasteiger partial charge < -0.3 is 20.5 Å². The van der Waals surface area contributed by atoms with Crippen LogP contribution in [0.3, 0.4) is 0 Å². The molecule has 0 spiro atoms. The first kappa shape index (κ1) is 24.5. The van der Waals surface area contributed by atoms with E-state index in [1.807, 2.05) is 33.0 Å². The monoisotopic (exact) mass is 521 g/mol. The first-order chi connectivity index (χ1) is 12.8. The predicted molar refractivity (Wildman–Crippen MR) is 124 cm³/mol. The highest BCUT2D eigenvalue weighted by Gasteiger charge is 2.24. The summed E-state index contributed by atoms with van der Waals surface area (Å²) in [6.45, 7) is 7.14. The van der Waals surface area contributed by atoms with Crippen LogP contribution < -0.4 is 15.4 Å². The van der Waals surface area contributed by atoms with Crippen LogP contribution in [0.4, 0.5) is 0 Å². The van der Waals surface area contributed by atoms with Crippen molar-refractivity contribution in [3.8, 4) is 5.75 Å². The van der Waals surface area contributed by atoms with Gasteiger partial charge in [0.1, 0.15) is 17.5 Å². The van der Waals surface area contributed by atoms with E-state index >= 15 is 0 Å². The van der Waals surface area contributed by atoms with E-state index in [0.29, 0.717) is 24.1 Å². The second-order valence-corrected chi connectivity index (χ2v) is 7.07. The second kappa shape index (κ2) is 11.5. The van der Waals surface area contributed by atoms with E-state index in [0.717, 1.165) is 11.3 Å². The number of aromatic nitrogens is 2. The van der Waals surface area contributed by atoms with Crippen molar-refractivity contribution >= 4 is 41.5 Å². The minimum atomic E-state index is -1.10. The number of guanidine groups is 1. The molecule has 2 atom stereocenters. The Balaban J connectivity index is 0.00000392. The summed E-state index contributed by atoms with van der Waals surface area (Å²) in [5.41, 5.74) is -0.373. The fourth-order valence-corrected chi connectivity index (χ4v) is 2.60. The quantitative estimate of drug-likeness (QED) is 0.283. The van der Waals surface area contributed by atoms with Gasteiger partial charge in [-0.3, -0.25) is 4.68 Å². The lowest BCUT2D eigenvalue weighted by Crippen LogP contribution is -2.42. The van der Waals surface area contributed by atoms with Gasteiger partial charge in [0.15, 0.2) is 5.96 Å². The summed E-state index contributed by atoms with van der Waals surface area (Å²) in [7, 11) is 1.82. The van der Waals surface area contributed by atoms with E-state index in [1.165, 1.54) is 0 Å². The third kappa shape index (κ3) is 7.84. The molecule has 1 aromatic heterocycles. The van der Waals surface area contributed by atoms with Crippen LogP contribution in [0.1, 0.15) is 26.3 Å². The van der Waals surface area contributed by atoms with Crippen LogP contribution >= 0.6 is 35.6 Å². The Bertz CT molecular complexity index is 766. The van der Waals surface area contributed by atoms with Gasteiger partial charge >= 0.3 is 0 Å². The number of aliphatic hydroxyl groups is 1. The van der Waals surface area contributed by atoms with Crippen molar-refractivity contribution in [2.75, 3.05) is 19.6 Å². The van der Waals surface area contributed by atoms with Crippen molar-refractivity contribution in [3.05, 3.63) is 47.2 Å². The molecule has 0 radical (unpaired) electrons. The maximum atomic E-state index is 10.7. The van der Waals surface area contributed by atoms with E-state index in [-0.39, 0.29) is 36.6 Å². The van der Waals surface area contributed by atoms with Gasteiger partial charge in [-0.2, -0.15) is 5.10 Å². The maximum absolute atomic E-state index is 10.7. The first-order valence-corrected chi connectivity index (χ1v) is 9.34. The van der Waals surface area contributed by atoms with Gasteiger partial charge in [-0.25, -0.2) is 4.99 Å². The molecule has 7 nitrogen and oxygen atoms in total. The molecule has 28 heavy (non-hydrogen) atoms. The third-order valence-corrected chi connectivity index (χ3v) is 4.14. The van der Waals surface area contributed by atoms with E-state index in [4.69, 9.17) is 16.3 Å². The Hall–Kier alpha value is -1.52. The molecule has 1 heterocycles. The molecule has 0 bridgehead atoms. The molecule has 3 N–H and O–H groups in total. The molecule has 0 fully saturated rings. The lowest BCUT2D eigenvalue weighted by molar-refractivity contribution is 0.0671. The van der Waals surface area contributed by atoms with Crippen LogP contribution in [0.5, 0.6) is 5.75 Å². The molecular weight excluding hydrogens is 493 g/mol. The van der Waals surface area contributed by atoms with Crippen molar-refractivity contribution in [1.29, 1.82) is 0 Å². The van der Waals surface area contributed by atoms with E-state index < -0.39 is 5.60 Å². The third-order valence-electron chi connectivity index (χ3n) is 3.91. The van der Waals surface area contributed by atoms with Crippen molar-refractivity contribution in [1.82, 2.24) is 20.4 Å². The predicted octanol–water partition coefficient (Wildman–Crippen LogP) is 2.92. The minimum absolute atomic E-state index is 0. The summed E-state index contributed by atoms with van der Waals surface area (Å²) in [6, 6.07) is 7.31. The number of ether oxygens (including phenoxy) is 1. The van der Waals surface area contributed by atoms with Crippen LogP contribution in [0.25, 0.3) is 0 Å². The van der Waals surface area contributed by atoms with Crippen LogP contribution in [0.2, 0.25) is 5.02 Å². The van der Waals surface area contributed by atoms with Crippen LogP contribution in [0, 0.1) is 0 Å². The van der Waals surface area contributed by atoms with Crippen molar-refractivity contribution < 1.29 is 9.84 Å². The number of rotatable bonds is 8. The topological polar surface area (TPSA) is 83.7 Å². The molecule has 9 heteroatoms. The number of aliphatic imine (C=N–C) groups is 1. The molecule has 2 unspecified atom stereocenters. The fourth-order valence-electron chi connectivity index (χ4n) is 2.42. The van der Waals surface area contributed by atoms with Gasteiger partial charge in [0.05, 0.1) is 19.3 Å². The van der Waals surface area contributed by atoms with Crippen LogP contribution in [-0.2, 0) is 12.6 Å². The molecule has 2 aromatic rings. The number of hydrogen-bond acceptors (Lipinski definition) is 4. The second-order valence-electron chi connectivity index (χ2n) is 6.64. The average Bonchev–Trinajstić information content (AvgIpc) is 3.05. The Morgan fingerprint density at radius 2 is 2.18 bits per heavy atom. The molecule has 156 valence electrons. The molecular formula is C19H29ClIN5O2. The van der Waals surface area contributed by atoms with Gasteiger partial charge in [0.2, 0.25) is 0 Å². The zero-order chi connectivity index (χ0) is 19.9. The highest BCUT2D eigenvalue weighted by atomic mass is 127. The van der Waals surface area contributed by atoms with Crippen molar-refractivity contribution in [2.45, 2.75) is 32.5 Å². The summed E-state index contributed by atoms with van der Waals surface area (Å²) in [4.78, 5) is 4.49. The molecule has 0 saturated carbocycles. The lowest BCUT2D eigenvalue weighted by Gasteiger charge is -2.21. The minimum Gasteiger partial charge on any atom is -0.489 e. The zero-order valence-electron chi connectivity index (χ0n) is 16.6. The number of halogens is 2. The fraction of sp³-hybridized carbons (Fsp3) is 0.474. The van der Waals surface area contributed by atoms with Crippen LogP contribution in [0.15, 0.2) is 41.7 Å². The van der Waals surface area contributed by atoms with E-state index in [2.05, 4.69) is 20.7 Å². The maximum Gasteiger partial charge on any atom is 0.191 e. The molecule has 2 rings (SSSR count). The molecule has 0 aliphatic heterocycles. The Kier molecular flexibility index (Phi) is 10.0. The number of benzene rings is 1. The summed E-state index contributed by atoms with van der Waals surface area (Å²) in [6.07, 6.45) is 3.35. The highest BCUT2D eigenvalue weighted by molar-refractivity contribution is 14.0. The Morgan fingerprint density at radius 1 is 1.43 bits per heavy atom. The normalized spacial score (nSPS) is 14.6. The van der Waals surface area contributed by atoms with Gasteiger partial charge in [0, 0.05) is 30.4 Å². The highest BCUT2D eigenvalue weighted by Crippen LogP contribution is 2.20. The number of hydrogen-bond donors (Lipinski definition) is 3. The summed E-state index contributed by atoms with van der Waals surface area (Å²) in [5, 5.41) is 21.8. The first-order valence-electron chi connectivity index (χ1n) is 8.96. The smallest absolute Gasteiger partial charge is 0.191 e. The van der Waals surface area contributed by atoms with Gasteiger partial charge in [-0.05, 0) is 39.0 Å². The number of nitrogens with one attached hydrogen (secondary N) is 2. The van der Waals surface area contributed by atoms with E-state index in [9.17, 15) is 5.11 Å². The Morgan fingerprint density at radius 3 is 2.79 bits per heavy atom. The van der Waals surface area contributed by atoms with Gasteiger partial charge in [0.25, 0.3) is 0 Å². The largest absolute Gasteiger partial charge is 0.489 e. The lowest BCUT2D eigenvalue weighted by atomic mass is 10.0. The Labute approximate surface area is 188 Å². The van der Waals surface area contributed by atoms with Crippen molar-refractivity contribution in [2.24, 2.45) is 12.0 Å². The van der Waals surface area contributed by atoms with E-state index in [1.54, 1.807) is 36.1 Å². The molecule has 0 aliphatic carbocycles. The zero-order valence-corrected chi connectivity index (χ0v) is 19.7. The SMILES string of the molecule is CCNC(=NCC(C)(O)c1cnn(C)c1)NCC(C)Oc1cccc(Cl)c1.I. The standard InChI is InChI=1S/C19H28ClN5O2.HI/c1-5-21-18(23-13-19(3,26)15-11-24-25(4)12-15)22-10-14(2)27-17-8-6-7-16(20)9-17;/h6-9,11-12,14,26H,5,10,13H2,1-4H3,(H2,21,22,23);1H. The molecule has 0 aliphatic rings. The van der Waals surface area contributed by atoms with Gasteiger partial charge in [-0.1, -0.05) is 17.7 Å². The van der Waals surface area contributed by atoms with Crippen LogP contribution in [-0.4, -0.2) is 46.6 Å². The summed E-state index contributed by atoms with van der Waals surface area (Å²) >= 11 is 5.98. The number of nitrogens with zero attached hydrogens (tertiary/aromatic N) is 3. The van der Waals surface area contributed by atoms with Gasteiger partial charge in [-0.15, -0.1) is 24.0 Å².